The predicted molar refractivity (Wildman–Crippen MR) is 100 cm³/mol. The molecule has 3 heterocycles. The first-order valence-corrected chi connectivity index (χ1v) is 8.43. The van der Waals surface area contributed by atoms with E-state index < -0.39 is 0 Å². The zero-order valence-electron chi connectivity index (χ0n) is 15.4. The molecule has 140 valence electrons. The highest BCUT2D eigenvalue weighted by atomic mass is 16.5. The van der Waals surface area contributed by atoms with E-state index in [1.807, 2.05) is 24.5 Å². The second-order valence-corrected chi connectivity index (χ2v) is 5.82. The van der Waals surface area contributed by atoms with Gasteiger partial charge in [-0.2, -0.15) is 0 Å². The zero-order chi connectivity index (χ0) is 19.2. The number of nitrogens with zero attached hydrogens (tertiary/aromatic N) is 5. The van der Waals surface area contributed by atoms with Crippen molar-refractivity contribution in [3.63, 3.8) is 0 Å². The molecule has 0 aliphatic rings. The number of aromatic nitrogens is 5. The number of methoxy groups -OCH3 is 1. The Kier molecular flexibility index (Phi) is 5.60. The largest absolute Gasteiger partial charge is 0.481 e. The van der Waals surface area contributed by atoms with E-state index >= 15 is 0 Å². The molecule has 27 heavy (non-hydrogen) atoms. The van der Waals surface area contributed by atoms with Gasteiger partial charge in [0.05, 0.1) is 18.4 Å². The maximum Gasteiger partial charge on any atom is 0.252 e. The predicted octanol–water partition coefficient (Wildman–Crippen LogP) is 1.52. The van der Waals surface area contributed by atoms with Gasteiger partial charge >= 0.3 is 0 Å². The molecule has 0 aliphatic carbocycles. The third-order valence-corrected chi connectivity index (χ3v) is 4.08. The van der Waals surface area contributed by atoms with Crippen molar-refractivity contribution in [3.8, 4) is 11.7 Å². The maximum absolute atomic E-state index is 12.1. The van der Waals surface area contributed by atoms with Gasteiger partial charge in [0.15, 0.2) is 0 Å². The molecule has 0 atom stereocenters. The van der Waals surface area contributed by atoms with E-state index in [4.69, 9.17) is 4.74 Å². The Balaban J connectivity index is 1.52. The molecule has 0 saturated heterocycles. The van der Waals surface area contributed by atoms with Crippen LogP contribution in [0.3, 0.4) is 0 Å². The number of hydrogen-bond donors (Lipinski definition) is 2. The lowest BCUT2D eigenvalue weighted by Gasteiger charge is -2.09. The van der Waals surface area contributed by atoms with Crippen LogP contribution in [0.15, 0.2) is 37.1 Å². The summed E-state index contributed by atoms with van der Waals surface area (Å²) in [6.07, 6.45) is 4.71. The lowest BCUT2D eigenvalue weighted by Crippen LogP contribution is -2.29. The number of aryl methyl sites for hydroxylation is 1. The second kappa shape index (κ2) is 8.26. The average molecular weight is 367 g/mol. The summed E-state index contributed by atoms with van der Waals surface area (Å²) in [5.41, 5.74) is 2.46. The fourth-order valence-corrected chi connectivity index (χ4v) is 2.41. The Labute approximate surface area is 156 Å². The SMILES string of the molecule is COc1ccc(C(=O)NCCNc2cc(-n3cnc(C)c3C)ncn2)cn1. The van der Waals surface area contributed by atoms with Crippen molar-refractivity contribution < 1.29 is 9.53 Å². The van der Waals surface area contributed by atoms with Gasteiger partial charge < -0.3 is 15.4 Å². The van der Waals surface area contributed by atoms with Crippen molar-refractivity contribution in [2.24, 2.45) is 0 Å². The molecule has 3 aromatic heterocycles. The van der Waals surface area contributed by atoms with E-state index in [2.05, 4.69) is 30.6 Å². The molecule has 9 nitrogen and oxygen atoms in total. The molecule has 0 unspecified atom stereocenters. The van der Waals surface area contributed by atoms with Crippen molar-refractivity contribution in [3.05, 3.63) is 54.0 Å². The van der Waals surface area contributed by atoms with Gasteiger partial charge in [0, 0.05) is 37.1 Å². The van der Waals surface area contributed by atoms with Crippen molar-refractivity contribution in [1.29, 1.82) is 0 Å². The molecule has 0 fully saturated rings. The van der Waals surface area contributed by atoms with E-state index in [-0.39, 0.29) is 5.91 Å². The molecule has 0 aromatic carbocycles. The molecule has 2 N–H and O–H groups in total. The van der Waals surface area contributed by atoms with Crippen LogP contribution in [-0.4, -0.2) is 50.6 Å². The number of ether oxygens (including phenoxy) is 1. The number of pyridine rings is 1. The van der Waals surface area contributed by atoms with Crippen LogP contribution in [0, 0.1) is 13.8 Å². The van der Waals surface area contributed by atoms with Crippen LogP contribution in [0.5, 0.6) is 5.88 Å². The Morgan fingerprint density at radius 1 is 1.15 bits per heavy atom. The Hall–Kier alpha value is -3.49. The molecule has 3 rings (SSSR count). The van der Waals surface area contributed by atoms with Gasteiger partial charge in [-0.3, -0.25) is 9.36 Å². The van der Waals surface area contributed by atoms with E-state index in [1.165, 1.54) is 19.6 Å². The fraction of sp³-hybridized carbons (Fsp3) is 0.278. The quantitative estimate of drug-likeness (QED) is 0.610. The highest BCUT2D eigenvalue weighted by Gasteiger charge is 2.08. The summed E-state index contributed by atoms with van der Waals surface area (Å²) in [5, 5.41) is 6.00. The number of amides is 1. The molecule has 0 radical (unpaired) electrons. The van der Waals surface area contributed by atoms with Gasteiger partial charge in [-0.1, -0.05) is 0 Å². The van der Waals surface area contributed by atoms with Crippen molar-refractivity contribution in [1.82, 2.24) is 29.8 Å². The first kappa shape index (κ1) is 18.3. The van der Waals surface area contributed by atoms with Crippen molar-refractivity contribution in [2.75, 3.05) is 25.5 Å². The van der Waals surface area contributed by atoms with Gasteiger partial charge in [0.1, 0.15) is 24.3 Å². The number of hydrogen-bond acceptors (Lipinski definition) is 7. The van der Waals surface area contributed by atoms with Crippen LogP contribution in [0.2, 0.25) is 0 Å². The summed E-state index contributed by atoms with van der Waals surface area (Å²) < 4.78 is 6.88. The second-order valence-electron chi connectivity index (χ2n) is 5.82. The zero-order valence-corrected chi connectivity index (χ0v) is 15.4. The van der Waals surface area contributed by atoms with Crippen molar-refractivity contribution in [2.45, 2.75) is 13.8 Å². The smallest absolute Gasteiger partial charge is 0.252 e. The van der Waals surface area contributed by atoms with E-state index in [0.717, 1.165) is 17.2 Å². The number of nitrogens with one attached hydrogen (secondary N) is 2. The van der Waals surface area contributed by atoms with Crippen molar-refractivity contribution >= 4 is 11.7 Å². The highest BCUT2D eigenvalue weighted by Crippen LogP contribution is 2.13. The number of rotatable bonds is 7. The number of carbonyl (C=O) groups is 1. The minimum atomic E-state index is -0.195. The Bertz CT molecular complexity index is 922. The Morgan fingerprint density at radius 2 is 2.00 bits per heavy atom. The van der Waals surface area contributed by atoms with Gasteiger partial charge in [0.25, 0.3) is 5.91 Å². The minimum Gasteiger partial charge on any atom is -0.481 e. The number of carbonyl (C=O) groups excluding carboxylic acids is 1. The van der Waals surface area contributed by atoms with Gasteiger partial charge in [-0.25, -0.2) is 19.9 Å². The maximum atomic E-state index is 12.1. The normalized spacial score (nSPS) is 10.5. The van der Waals surface area contributed by atoms with E-state index in [0.29, 0.717) is 30.4 Å². The van der Waals surface area contributed by atoms with Gasteiger partial charge in [-0.05, 0) is 19.9 Å². The average Bonchev–Trinajstić information content (AvgIpc) is 3.04. The van der Waals surface area contributed by atoms with Crippen LogP contribution < -0.4 is 15.4 Å². The standard InChI is InChI=1S/C18H21N7O2/c1-12-13(2)25(11-24-12)16-8-15(22-10-23-16)19-6-7-20-18(26)14-4-5-17(27-3)21-9-14/h4-5,8-11H,6-7H2,1-3H3,(H,20,26)(H,19,22,23). The summed E-state index contributed by atoms with van der Waals surface area (Å²) in [6.45, 7) is 4.90. The van der Waals surface area contributed by atoms with Crippen LogP contribution in [0.4, 0.5) is 5.82 Å². The topological polar surface area (TPSA) is 107 Å². The summed E-state index contributed by atoms with van der Waals surface area (Å²) in [5.74, 6) is 1.68. The summed E-state index contributed by atoms with van der Waals surface area (Å²) in [4.78, 5) is 28.9. The van der Waals surface area contributed by atoms with Crippen LogP contribution >= 0.6 is 0 Å². The van der Waals surface area contributed by atoms with Gasteiger partial charge in [0.2, 0.25) is 5.88 Å². The molecule has 1 amide bonds. The molecular weight excluding hydrogens is 346 g/mol. The van der Waals surface area contributed by atoms with Gasteiger partial charge in [-0.15, -0.1) is 0 Å². The lowest BCUT2D eigenvalue weighted by atomic mass is 10.2. The van der Waals surface area contributed by atoms with E-state index in [1.54, 1.807) is 18.5 Å². The number of imidazole rings is 1. The molecule has 0 saturated carbocycles. The molecular formula is C18H21N7O2. The highest BCUT2D eigenvalue weighted by molar-refractivity contribution is 5.93. The molecule has 3 aromatic rings. The Morgan fingerprint density at radius 3 is 2.67 bits per heavy atom. The molecule has 9 heteroatoms. The van der Waals surface area contributed by atoms with Crippen LogP contribution in [0.1, 0.15) is 21.7 Å². The summed E-state index contributed by atoms with van der Waals surface area (Å²) in [6, 6.07) is 5.15. The summed E-state index contributed by atoms with van der Waals surface area (Å²) in [7, 11) is 1.53. The molecule has 0 aliphatic heterocycles. The monoisotopic (exact) mass is 367 g/mol. The fourth-order valence-electron chi connectivity index (χ4n) is 2.41. The summed E-state index contributed by atoms with van der Waals surface area (Å²) >= 11 is 0. The van der Waals surface area contributed by atoms with Crippen LogP contribution in [0.25, 0.3) is 5.82 Å². The van der Waals surface area contributed by atoms with Crippen LogP contribution in [-0.2, 0) is 0 Å². The third-order valence-electron chi connectivity index (χ3n) is 4.08. The number of anilines is 1. The molecule has 0 spiro atoms. The first-order chi connectivity index (χ1) is 13.1. The lowest BCUT2D eigenvalue weighted by molar-refractivity contribution is 0.0954. The first-order valence-electron chi connectivity index (χ1n) is 8.43. The third kappa shape index (κ3) is 4.38. The minimum absolute atomic E-state index is 0.195. The van der Waals surface area contributed by atoms with E-state index in [9.17, 15) is 4.79 Å². The molecule has 0 bridgehead atoms.